The molecule has 1 aliphatic rings. The summed E-state index contributed by atoms with van der Waals surface area (Å²) < 4.78 is 20.6. The second-order valence-electron chi connectivity index (χ2n) is 8.53. The Kier molecular flexibility index (Phi) is 9.85. The van der Waals surface area contributed by atoms with E-state index in [4.69, 9.17) is 18.9 Å². The molecular weight excluding hydrogens is 500 g/mol. The molecule has 0 spiro atoms. The van der Waals surface area contributed by atoms with Gasteiger partial charge >= 0.3 is 5.97 Å². The van der Waals surface area contributed by atoms with E-state index in [1.54, 1.807) is 12.1 Å². The third-order valence-electron chi connectivity index (χ3n) is 5.89. The molecule has 0 bridgehead atoms. The molecule has 0 amide bonds. The van der Waals surface area contributed by atoms with Gasteiger partial charge in [-0.05, 0) is 47.5 Å². The smallest absolute Gasteiger partial charge is 0.331 e. The molecule has 1 fully saturated rings. The molecule has 38 heavy (non-hydrogen) atoms. The molecule has 11 heteroatoms. The van der Waals surface area contributed by atoms with Crippen molar-refractivity contribution in [3.05, 3.63) is 59.7 Å². The van der Waals surface area contributed by atoms with Crippen molar-refractivity contribution in [1.82, 2.24) is 0 Å². The molecule has 1 aliphatic carbocycles. The molecule has 1 saturated carbocycles. The number of aliphatic hydroxyl groups is 3. The number of carbonyl (C=O) groups excluding carboxylic acids is 2. The first-order chi connectivity index (χ1) is 18.1. The summed E-state index contributed by atoms with van der Waals surface area (Å²) in [7, 11) is 2.78. The second kappa shape index (κ2) is 13.1. The molecule has 0 aliphatic heterocycles. The van der Waals surface area contributed by atoms with Crippen LogP contribution in [-0.4, -0.2) is 88.6 Å². The van der Waals surface area contributed by atoms with Gasteiger partial charge in [0.05, 0.1) is 20.3 Å². The van der Waals surface area contributed by atoms with Crippen molar-refractivity contribution < 1.29 is 54.1 Å². The first kappa shape index (κ1) is 28.7. The molecule has 1 unspecified atom stereocenters. The van der Waals surface area contributed by atoms with E-state index in [-0.39, 0.29) is 29.4 Å². The lowest BCUT2D eigenvalue weighted by Gasteiger charge is -2.39. The lowest BCUT2D eigenvalue weighted by molar-refractivity contribution is -0.203. The molecule has 2 aromatic carbocycles. The Morgan fingerprint density at radius 3 is 1.97 bits per heavy atom. The number of phenolic OH excluding ortho intramolecular Hbond substituents is 2. The number of esters is 1. The summed E-state index contributed by atoms with van der Waals surface area (Å²) in [5, 5.41) is 50.6. The highest BCUT2D eigenvalue weighted by Gasteiger charge is 2.45. The van der Waals surface area contributed by atoms with Crippen LogP contribution in [-0.2, 0) is 19.1 Å². The normalized spacial score (nSPS) is 23.4. The van der Waals surface area contributed by atoms with Crippen LogP contribution >= 0.6 is 0 Å². The van der Waals surface area contributed by atoms with Crippen LogP contribution in [0.15, 0.2) is 48.6 Å². The highest BCUT2D eigenvalue weighted by atomic mass is 16.6. The van der Waals surface area contributed by atoms with Crippen LogP contribution in [0.25, 0.3) is 12.2 Å². The van der Waals surface area contributed by atoms with Crippen LogP contribution in [0.4, 0.5) is 0 Å². The molecule has 204 valence electrons. The summed E-state index contributed by atoms with van der Waals surface area (Å²) in [6.07, 6.45) is -2.04. The maximum atomic E-state index is 12.2. The molecule has 3 rings (SSSR count). The fraction of sp³-hybridized carbons (Fsp3) is 0.333. The van der Waals surface area contributed by atoms with Crippen LogP contribution in [0.1, 0.15) is 17.5 Å². The number of ketones is 1. The number of methoxy groups -OCH3 is 2. The molecule has 11 nitrogen and oxygen atoms in total. The number of hydrogen-bond donors (Lipinski definition) is 5. The Balaban J connectivity index is 1.52. The quantitative estimate of drug-likeness (QED) is 0.221. The van der Waals surface area contributed by atoms with E-state index in [1.165, 1.54) is 56.7 Å². The van der Waals surface area contributed by atoms with Crippen LogP contribution in [0.3, 0.4) is 0 Å². The zero-order chi connectivity index (χ0) is 27.8. The minimum Gasteiger partial charge on any atom is -0.504 e. The van der Waals surface area contributed by atoms with Gasteiger partial charge in [-0.1, -0.05) is 18.2 Å². The number of carbonyl (C=O) groups is 2. The van der Waals surface area contributed by atoms with Crippen molar-refractivity contribution in [2.75, 3.05) is 20.8 Å². The van der Waals surface area contributed by atoms with Crippen molar-refractivity contribution >= 4 is 23.9 Å². The summed E-state index contributed by atoms with van der Waals surface area (Å²) in [6.45, 7) is -0.486. The van der Waals surface area contributed by atoms with Gasteiger partial charge in [-0.2, -0.15) is 0 Å². The Labute approximate surface area is 218 Å². The monoisotopic (exact) mass is 530 g/mol. The largest absolute Gasteiger partial charge is 0.504 e. The highest BCUT2D eigenvalue weighted by molar-refractivity contribution is 5.94. The van der Waals surface area contributed by atoms with Crippen LogP contribution in [0.2, 0.25) is 0 Å². The Hall–Kier alpha value is -3.90. The van der Waals surface area contributed by atoms with Gasteiger partial charge in [-0.15, -0.1) is 0 Å². The lowest BCUT2D eigenvalue weighted by atomic mass is 9.87. The topological polar surface area (TPSA) is 172 Å². The summed E-state index contributed by atoms with van der Waals surface area (Å²) in [5.41, 5.74) is 1.13. The maximum absolute atomic E-state index is 12.2. The lowest BCUT2D eigenvalue weighted by Crippen LogP contribution is -2.58. The number of benzene rings is 2. The van der Waals surface area contributed by atoms with Gasteiger partial charge in [0.15, 0.2) is 28.8 Å². The predicted octanol–water partition coefficient (Wildman–Crippen LogP) is 1.19. The zero-order valence-corrected chi connectivity index (χ0v) is 20.8. The first-order valence-corrected chi connectivity index (χ1v) is 11.6. The molecule has 0 radical (unpaired) electrons. The first-order valence-electron chi connectivity index (χ1n) is 11.6. The third-order valence-corrected chi connectivity index (χ3v) is 5.89. The second-order valence-corrected chi connectivity index (χ2v) is 8.53. The predicted molar refractivity (Wildman–Crippen MR) is 135 cm³/mol. The molecule has 5 N–H and O–H groups in total. The fourth-order valence-corrected chi connectivity index (χ4v) is 3.85. The number of ether oxygens (including phenoxy) is 4. The number of hydrogen-bond acceptors (Lipinski definition) is 11. The van der Waals surface area contributed by atoms with Crippen LogP contribution in [0, 0.1) is 0 Å². The van der Waals surface area contributed by atoms with E-state index in [2.05, 4.69) is 0 Å². The van der Waals surface area contributed by atoms with Crippen molar-refractivity contribution in [2.24, 2.45) is 0 Å². The maximum Gasteiger partial charge on any atom is 0.331 e. The number of aromatic hydroxyl groups is 2. The minimum atomic E-state index is -1.62. The fourth-order valence-electron chi connectivity index (χ4n) is 3.85. The van der Waals surface area contributed by atoms with Crippen molar-refractivity contribution in [3.63, 3.8) is 0 Å². The van der Waals surface area contributed by atoms with E-state index in [1.807, 2.05) is 0 Å². The molecule has 2 aromatic rings. The van der Waals surface area contributed by atoms with Gasteiger partial charge in [-0.3, -0.25) is 4.79 Å². The Bertz CT molecular complexity index is 1190. The van der Waals surface area contributed by atoms with Gasteiger partial charge in [0.2, 0.25) is 0 Å². The zero-order valence-electron chi connectivity index (χ0n) is 20.8. The van der Waals surface area contributed by atoms with E-state index in [0.29, 0.717) is 11.1 Å². The van der Waals surface area contributed by atoms with E-state index >= 15 is 0 Å². The average Bonchev–Trinajstić information content (AvgIpc) is 2.90. The standard InChI is InChI=1S/C27H30O11/c1-35-21-11-15(4-8-18(21)29)3-7-17(28)14-37-27-20(31)13-23(25(33)26(27)34)38-24(32)10-6-16-5-9-19(30)22(12-16)36-2/h3-12,20,23,25-27,29-31,33-34H,13-14H2,1-2H3/b7-3+,10-6+/t20-,23?,25+,26+,27+/m0/s1. The van der Waals surface area contributed by atoms with Gasteiger partial charge in [0.1, 0.15) is 31.0 Å². The molecule has 5 atom stereocenters. The minimum absolute atomic E-state index is 0.0452. The molecule has 0 aromatic heterocycles. The summed E-state index contributed by atoms with van der Waals surface area (Å²) in [4.78, 5) is 24.5. The number of aliphatic hydroxyl groups excluding tert-OH is 3. The molecule has 0 heterocycles. The van der Waals surface area contributed by atoms with Crippen molar-refractivity contribution in [1.29, 1.82) is 0 Å². The van der Waals surface area contributed by atoms with E-state index in [9.17, 15) is 35.1 Å². The average molecular weight is 531 g/mol. The highest BCUT2D eigenvalue weighted by Crippen LogP contribution is 2.28. The van der Waals surface area contributed by atoms with Gasteiger partial charge < -0.3 is 44.5 Å². The summed E-state index contributed by atoms with van der Waals surface area (Å²) >= 11 is 0. The van der Waals surface area contributed by atoms with E-state index < -0.39 is 48.9 Å². The Morgan fingerprint density at radius 2 is 1.42 bits per heavy atom. The summed E-state index contributed by atoms with van der Waals surface area (Å²) in [6, 6.07) is 8.97. The Morgan fingerprint density at radius 1 is 0.868 bits per heavy atom. The molecular formula is C27H30O11. The van der Waals surface area contributed by atoms with Gasteiger partial charge in [-0.25, -0.2) is 4.79 Å². The number of phenols is 2. The van der Waals surface area contributed by atoms with Crippen molar-refractivity contribution in [2.45, 2.75) is 36.9 Å². The van der Waals surface area contributed by atoms with Gasteiger partial charge in [0.25, 0.3) is 0 Å². The van der Waals surface area contributed by atoms with Crippen LogP contribution < -0.4 is 9.47 Å². The van der Waals surface area contributed by atoms with Gasteiger partial charge in [0, 0.05) is 12.5 Å². The SMILES string of the molecule is COc1cc(/C=C/C(=O)CO[C@H]2[C@H](O)[C@H](O)C(OC(=O)/C=C/c3ccc(O)c(OC)c3)C[C@@H]2O)ccc1O. The molecule has 0 saturated heterocycles. The van der Waals surface area contributed by atoms with E-state index in [0.717, 1.165) is 6.08 Å². The number of rotatable bonds is 10. The van der Waals surface area contributed by atoms with Crippen molar-refractivity contribution in [3.8, 4) is 23.0 Å². The summed E-state index contributed by atoms with van der Waals surface area (Å²) in [5.74, 6) is -0.953. The van der Waals surface area contributed by atoms with Crippen LogP contribution in [0.5, 0.6) is 23.0 Å². The third kappa shape index (κ3) is 7.33.